The molecule has 1 amide bonds. The van der Waals surface area contributed by atoms with E-state index < -0.39 is 0 Å². The summed E-state index contributed by atoms with van der Waals surface area (Å²) in [5.41, 5.74) is 0.995. The predicted octanol–water partition coefficient (Wildman–Crippen LogP) is 4.00. The molecule has 0 spiro atoms. The Hall–Kier alpha value is -1.45. The minimum atomic E-state index is -0.0249. The van der Waals surface area contributed by atoms with Crippen molar-refractivity contribution in [2.45, 2.75) is 66.7 Å². The van der Waals surface area contributed by atoms with Gasteiger partial charge in [-0.2, -0.15) is 0 Å². The molecule has 0 saturated carbocycles. The highest BCUT2D eigenvalue weighted by molar-refractivity contribution is 5.91. The molecular formula is C17H29N3O. The molecule has 4 nitrogen and oxygen atoms in total. The lowest BCUT2D eigenvalue weighted by Crippen LogP contribution is -2.35. The van der Waals surface area contributed by atoms with Gasteiger partial charge in [0.15, 0.2) is 0 Å². The summed E-state index contributed by atoms with van der Waals surface area (Å²) >= 11 is 0. The lowest BCUT2D eigenvalue weighted by molar-refractivity contribution is -0.120. The van der Waals surface area contributed by atoms with Crippen LogP contribution in [0.1, 0.15) is 66.0 Å². The number of unbranched alkanes of at least 4 members (excludes halogenated alkanes) is 1. The third-order valence-electron chi connectivity index (χ3n) is 3.16. The van der Waals surface area contributed by atoms with E-state index in [-0.39, 0.29) is 11.3 Å². The predicted molar refractivity (Wildman–Crippen MR) is 87.4 cm³/mol. The minimum Gasteiger partial charge on any atom is -0.281 e. The number of aromatic nitrogens is 2. The highest BCUT2D eigenvalue weighted by Gasteiger charge is 2.23. The molecule has 1 rings (SSSR count). The van der Waals surface area contributed by atoms with Crippen LogP contribution in [0.15, 0.2) is 12.3 Å². The van der Waals surface area contributed by atoms with Gasteiger partial charge in [-0.3, -0.25) is 9.69 Å². The largest absolute Gasteiger partial charge is 0.281 e. The van der Waals surface area contributed by atoms with E-state index >= 15 is 0 Å². The molecule has 0 atom stereocenters. The molecule has 0 aliphatic carbocycles. The van der Waals surface area contributed by atoms with Crippen LogP contribution in [0, 0.1) is 5.41 Å². The Labute approximate surface area is 129 Å². The van der Waals surface area contributed by atoms with Crippen LogP contribution in [0.25, 0.3) is 0 Å². The summed E-state index contributed by atoms with van der Waals surface area (Å²) < 4.78 is 0. The van der Waals surface area contributed by atoms with Crippen LogP contribution in [0.4, 0.5) is 5.95 Å². The fourth-order valence-corrected chi connectivity index (χ4v) is 2.12. The molecule has 1 heterocycles. The molecule has 0 aromatic carbocycles. The van der Waals surface area contributed by atoms with Crippen molar-refractivity contribution in [3.05, 3.63) is 18.0 Å². The monoisotopic (exact) mass is 291 g/mol. The Balaban J connectivity index is 2.91. The number of hydrogen-bond acceptors (Lipinski definition) is 3. The Morgan fingerprint density at radius 3 is 2.52 bits per heavy atom. The number of rotatable bonds is 7. The van der Waals surface area contributed by atoms with Crippen molar-refractivity contribution in [1.82, 2.24) is 9.97 Å². The molecule has 0 unspecified atom stereocenters. The minimum absolute atomic E-state index is 0.0249. The van der Waals surface area contributed by atoms with Crippen molar-refractivity contribution in [3.8, 4) is 0 Å². The number of carbonyl (C=O) groups excluding carboxylic acids is 1. The molecule has 0 aliphatic heterocycles. The van der Waals surface area contributed by atoms with Gasteiger partial charge in [-0.25, -0.2) is 9.97 Å². The van der Waals surface area contributed by atoms with Gasteiger partial charge in [-0.05, 0) is 30.7 Å². The van der Waals surface area contributed by atoms with Crippen LogP contribution < -0.4 is 4.90 Å². The standard InChI is InChI=1S/C17H29N3O/c1-6-8-9-14-10-11-18-16(19-14)20(12-7-2)15(21)13-17(3,4)5/h10-11H,6-9,12-13H2,1-5H3. The summed E-state index contributed by atoms with van der Waals surface area (Å²) in [7, 11) is 0. The maximum absolute atomic E-state index is 12.5. The second-order valence-corrected chi connectivity index (χ2v) is 6.73. The average Bonchev–Trinajstić information content (AvgIpc) is 2.40. The molecule has 4 heteroatoms. The number of hydrogen-bond donors (Lipinski definition) is 0. The number of amides is 1. The highest BCUT2D eigenvalue weighted by atomic mass is 16.2. The third-order valence-corrected chi connectivity index (χ3v) is 3.16. The first-order valence-electron chi connectivity index (χ1n) is 7.99. The highest BCUT2D eigenvalue weighted by Crippen LogP contribution is 2.22. The third kappa shape index (κ3) is 6.23. The summed E-state index contributed by atoms with van der Waals surface area (Å²) in [4.78, 5) is 23.1. The van der Waals surface area contributed by atoms with Crippen molar-refractivity contribution < 1.29 is 4.79 Å². The molecule has 1 aromatic rings. The van der Waals surface area contributed by atoms with E-state index in [0.29, 0.717) is 18.9 Å². The Bertz CT molecular complexity index is 452. The van der Waals surface area contributed by atoms with Crippen LogP contribution in [0.3, 0.4) is 0 Å². The normalized spacial score (nSPS) is 11.5. The van der Waals surface area contributed by atoms with Gasteiger partial charge < -0.3 is 0 Å². The van der Waals surface area contributed by atoms with E-state index in [1.807, 2.05) is 6.07 Å². The van der Waals surface area contributed by atoms with Crippen LogP contribution in [-0.2, 0) is 11.2 Å². The van der Waals surface area contributed by atoms with Gasteiger partial charge in [0.2, 0.25) is 11.9 Å². The van der Waals surface area contributed by atoms with Crippen LogP contribution in [0.5, 0.6) is 0 Å². The van der Waals surface area contributed by atoms with Gasteiger partial charge in [0.1, 0.15) is 0 Å². The van der Waals surface area contributed by atoms with Gasteiger partial charge in [-0.1, -0.05) is 41.0 Å². The fraction of sp³-hybridized carbons (Fsp3) is 0.706. The zero-order valence-electron chi connectivity index (χ0n) is 14.1. The maximum atomic E-state index is 12.5. The van der Waals surface area contributed by atoms with Crippen molar-refractivity contribution in [3.63, 3.8) is 0 Å². The summed E-state index contributed by atoms with van der Waals surface area (Å²) in [6, 6.07) is 1.94. The Kier molecular flexibility index (Phi) is 6.79. The number of carbonyl (C=O) groups is 1. The van der Waals surface area contributed by atoms with Crippen molar-refractivity contribution >= 4 is 11.9 Å². The quantitative estimate of drug-likeness (QED) is 0.763. The molecular weight excluding hydrogens is 262 g/mol. The smallest absolute Gasteiger partial charge is 0.232 e. The van der Waals surface area contributed by atoms with E-state index in [0.717, 1.165) is 31.4 Å². The molecule has 0 N–H and O–H groups in total. The first kappa shape index (κ1) is 17.6. The van der Waals surface area contributed by atoms with Crippen LogP contribution in [0.2, 0.25) is 0 Å². The molecule has 0 bridgehead atoms. The molecule has 0 saturated heterocycles. The van der Waals surface area contributed by atoms with E-state index in [2.05, 4.69) is 44.6 Å². The molecule has 0 aliphatic rings. The number of nitrogens with zero attached hydrogens (tertiary/aromatic N) is 3. The SMILES string of the molecule is CCCCc1ccnc(N(CCC)C(=O)CC(C)(C)C)n1. The average molecular weight is 291 g/mol. The number of anilines is 1. The number of aryl methyl sites for hydroxylation is 1. The van der Waals surface area contributed by atoms with E-state index in [1.165, 1.54) is 0 Å². The molecule has 118 valence electrons. The first-order valence-corrected chi connectivity index (χ1v) is 7.99. The van der Waals surface area contributed by atoms with E-state index in [9.17, 15) is 4.79 Å². The van der Waals surface area contributed by atoms with E-state index in [1.54, 1.807) is 11.1 Å². The van der Waals surface area contributed by atoms with Crippen LogP contribution in [-0.4, -0.2) is 22.4 Å². The molecule has 0 radical (unpaired) electrons. The molecule has 0 fully saturated rings. The summed E-state index contributed by atoms with van der Waals surface area (Å²) in [5, 5.41) is 0. The first-order chi connectivity index (χ1) is 9.87. The summed E-state index contributed by atoms with van der Waals surface area (Å²) in [6.07, 6.45) is 6.37. The summed E-state index contributed by atoms with van der Waals surface area (Å²) in [6.45, 7) is 11.1. The Morgan fingerprint density at radius 2 is 1.95 bits per heavy atom. The van der Waals surface area contributed by atoms with E-state index in [4.69, 9.17) is 0 Å². The van der Waals surface area contributed by atoms with Gasteiger partial charge in [0, 0.05) is 24.9 Å². The Morgan fingerprint density at radius 1 is 1.24 bits per heavy atom. The zero-order chi connectivity index (χ0) is 15.9. The maximum Gasteiger partial charge on any atom is 0.232 e. The van der Waals surface area contributed by atoms with Gasteiger partial charge in [0.05, 0.1) is 0 Å². The second kappa shape index (κ2) is 8.11. The van der Waals surface area contributed by atoms with Gasteiger partial charge in [0.25, 0.3) is 0 Å². The van der Waals surface area contributed by atoms with Gasteiger partial charge in [-0.15, -0.1) is 0 Å². The van der Waals surface area contributed by atoms with Crippen molar-refractivity contribution in [1.29, 1.82) is 0 Å². The molecule has 1 aromatic heterocycles. The lowest BCUT2D eigenvalue weighted by Gasteiger charge is -2.25. The summed E-state index contributed by atoms with van der Waals surface area (Å²) in [5.74, 6) is 0.664. The van der Waals surface area contributed by atoms with Crippen molar-refractivity contribution in [2.75, 3.05) is 11.4 Å². The van der Waals surface area contributed by atoms with Gasteiger partial charge >= 0.3 is 0 Å². The topological polar surface area (TPSA) is 46.1 Å². The van der Waals surface area contributed by atoms with Crippen LogP contribution >= 0.6 is 0 Å². The van der Waals surface area contributed by atoms with Crippen molar-refractivity contribution in [2.24, 2.45) is 5.41 Å². The second-order valence-electron chi connectivity index (χ2n) is 6.73. The zero-order valence-corrected chi connectivity index (χ0v) is 14.1. The fourth-order valence-electron chi connectivity index (χ4n) is 2.12. The lowest BCUT2D eigenvalue weighted by atomic mass is 9.91. The molecule has 21 heavy (non-hydrogen) atoms.